The molecule has 1 nitrogen and oxygen atoms in total. The highest BCUT2D eigenvalue weighted by molar-refractivity contribution is 6.22. The van der Waals surface area contributed by atoms with Gasteiger partial charge in [0.2, 0.25) is 0 Å². The van der Waals surface area contributed by atoms with E-state index < -0.39 is 0 Å². The second kappa shape index (κ2) is 3.89. The van der Waals surface area contributed by atoms with Crippen LogP contribution in [0.1, 0.15) is 22.3 Å². The summed E-state index contributed by atoms with van der Waals surface area (Å²) in [6.07, 6.45) is 1.64. The van der Waals surface area contributed by atoms with E-state index in [1.54, 1.807) is 6.26 Å². The Kier molecular flexibility index (Phi) is 2.60. The van der Waals surface area contributed by atoms with E-state index in [4.69, 9.17) is 16.0 Å². The van der Waals surface area contributed by atoms with Crippen molar-refractivity contribution < 1.29 is 4.42 Å². The third-order valence-corrected chi connectivity index (χ3v) is 2.63. The minimum atomic E-state index is -0.189. The maximum Gasteiger partial charge on any atom is 0.126 e. The number of alkyl halides is 1. The van der Waals surface area contributed by atoms with Crippen LogP contribution in [-0.4, -0.2) is 0 Å². The Morgan fingerprint density at radius 1 is 1.14 bits per heavy atom. The van der Waals surface area contributed by atoms with Crippen molar-refractivity contribution in [3.05, 3.63) is 59.5 Å². The molecule has 0 bridgehead atoms. The molecular weight excluding hydrogens is 196 g/mol. The van der Waals surface area contributed by atoms with Crippen molar-refractivity contribution in [2.24, 2.45) is 0 Å². The summed E-state index contributed by atoms with van der Waals surface area (Å²) in [4.78, 5) is 0. The molecule has 1 atom stereocenters. The fourth-order valence-electron chi connectivity index (χ4n) is 1.34. The van der Waals surface area contributed by atoms with Gasteiger partial charge in [0.05, 0.1) is 6.26 Å². The molecule has 72 valence electrons. The molecule has 2 rings (SSSR count). The second-order valence-corrected chi connectivity index (χ2v) is 3.73. The lowest BCUT2D eigenvalue weighted by Crippen LogP contribution is -1.90. The predicted molar refractivity (Wildman–Crippen MR) is 57.6 cm³/mol. The van der Waals surface area contributed by atoms with Crippen LogP contribution in [0.4, 0.5) is 0 Å². The number of halogens is 1. The largest absolute Gasteiger partial charge is 0.467 e. The Bertz CT molecular complexity index is 389. The fraction of sp³-hybridized carbons (Fsp3) is 0.167. The molecule has 0 amide bonds. The van der Waals surface area contributed by atoms with E-state index in [9.17, 15) is 0 Å². The number of hydrogen-bond donors (Lipinski definition) is 0. The van der Waals surface area contributed by atoms with E-state index in [1.807, 2.05) is 36.4 Å². The first-order valence-corrected chi connectivity index (χ1v) is 4.95. The summed E-state index contributed by atoms with van der Waals surface area (Å²) in [5.41, 5.74) is 2.30. The first-order valence-electron chi connectivity index (χ1n) is 4.51. The van der Waals surface area contributed by atoms with E-state index in [-0.39, 0.29) is 5.38 Å². The monoisotopic (exact) mass is 206 g/mol. The molecule has 1 unspecified atom stereocenters. The van der Waals surface area contributed by atoms with Crippen LogP contribution in [0.15, 0.2) is 47.1 Å². The standard InChI is InChI=1S/C12H11ClO/c1-9-4-6-10(7-5-9)12(13)11-3-2-8-14-11/h2-8,12H,1H3. The van der Waals surface area contributed by atoms with Gasteiger partial charge in [-0.2, -0.15) is 0 Å². The molecule has 0 fully saturated rings. The van der Waals surface area contributed by atoms with Crippen LogP contribution in [0.2, 0.25) is 0 Å². The zero-order chi connectivity index (χ0) is 9.97. The van der Waals surface area contributed by atoms with Gasteiger partial charge in [-0.3, -0.25) is 0 Å². The highest BCUT2D eigenvalue weighted by Crippen LogP contribution is 2.28. The second-order valence-electron chi connectivity index (χ2n) is 3.29. The van der Waals surface area contributed by atoms with Crippen molar-refractivity contribution in [3.63, 3.8) is 0 Å². The summed E-state index contributed by atoms with van der Waals surface area (Å²) in [5.74, 6) is 0.788. The molecule has 0 radical (unpaired) electrons. The SMILES string of the molecule is Cc1ccc(C(Cl)c2ccco2)cc1. The molecule has 0 N–H and O–H groups in total. The van der Waals surface area contributed by atoms with Gasteiger partial charge in [0.1, 0.15) is 11.1 Å². The molecule has 2 heteroatoms. The van der Waals surface area contributed by atoms with Gasteiger partial charge in [-0.05, 0) is 24.6 Å². The van der Waals surface area contributed by atoms with Gasteiger partial charge < -0.3 is 4.42 Å². The molecule has 1 heterocycles. The van der Waals surface area contributed by atoms with Crippen molar-refractivity contribution >= 4 is 11.6 Å². The molecule has 2 aromatic rings. The highest BCUT2D eigenvalue weighted by Gasteiger charge is 2.12. The molecule has 0 aliphatic carbocycles. The van der Waals surface area contributed by atoms with Gasteiger partial charge in [0.25, 0.3) is 0 Å². The Balaban J connectivity index is 2.28. The Hall–Kier alpha value is -1.21. The van der Waals surface area contributed by atoms with Gasteiger partial charge in [0, 0.05) is 0 Å². The molecule has 0 saturated heterocycles. The van der Waals surface area contributed by atoms with Crippen LogP contribution in [0.25, 0.3) is 0 Å². The zero-order valence-electron chi connectivity index (χ0n) is 7.91. The summed E-state index contributed by atoms with van der Waals surface area (Å²) in [7, 11) is 0. The van der Waals surface area contributed by atoms with E-state index in [0.717, 1.165) is 11.3 Å². The van der Waals surface area contributed by atoms with Gasteiger partial charge in [-0.25, -0.2) is 0 Å². The Morgan fingerprint density at radius 3 is 2.43 bits per heavy atom. The molecule has 1 aromatic carbocycles. The third-order valence-electron chi connectivity index (χ3n) is 2.16. The van der Waals surface area contributed by atoms with Gasteiger partial charge >= 0.3 is 0 Å². The molecule has 0 saturated carbocycles. The quantitative estimate of drug-likeness (QED) is 0.679. The van der Waals surface area contributed by atoms with Crippen LogP contribution in [0, 0.1) is 6.92 Å². The van der Waals surface area contributed by atoms with Crippen molar-refractivity contribution in [3.8, 4) is 0 Å². The topological polar surface area (TPSA) is 13.1 Å². The average Bonchev–Trinajstić information content (AvgIpc) is 2.71. The molecule has 1 aromatic heterocycles. The van der Waals surface area contributed by atoms with E-state index in [2.05, 4.69) is 6.92 Å². The molecule has 0 aliphatic rings. The number of furan rings is 1. The van der Waals surface area contributed by atoms with Crippen LogP contribution in [0.5, 0.6) is 0 Å². The first-order chi connectivity index (χ1) is 6.77. The number of rotatable bonds is 2. The summed E-state index contributed by atoms with van der Waals surface area (Å²) < 4.78 is 5.25. The van der Waals surface area contributed by atoms with Crippen molar-refractivity contribution in [2.75, 3.05) is 0 Å². The molecule has 0 aliphatic heterocycles. The maximum atomic E-state index is 6.23. The van der Waals surface area contributed by atoms with Crippen molar-refractivity contribution in [1.29, 1.82) is 0 Å². The van der Waals surface area contributed by atoms with Gasteiger partial charge in [0.15, 0.2) is 0 Å². The van der Waals surface area contributed by atoms with E-state index in [0.29, 0.717) is 0 Å². The van der Waals surface area contributed by atoms with E-state index in [1.165, 1.54) is 5.56 Å². The normalized spacial score (nSPS) is 12.7. The van der Waals surface area contributed by atoms with Gasteiger partial charge in [-0.1, -0.05) is 29.8 Å². The maximum absolute atomic E-state index is 6.23. The molecular formula is C12H11ClO. The fourth-order valence-corrected chi connectivity index (χ4v) is 1.60. The zero-order valence-corrected chi connectivity index (χ0v) is 8.66. The summed E-state index contributed by atoms with van der Waals surface area (Å²) in [6.45, 7) is 2.06. The first kappa shape index (κ1) is 9.35. The smallest absolute Gasteiger partial charge is 0.126 e. The van der Waals surface area contributed by atoms with Crippen LogP contribution < -0.4 is 0 Å². The molecule has 14 heavy (non-hydrogen) atoms. The van der Waals surface area contributed by atoms with Crippen LogP contribution >= 0.6 is 11.6 Å². The predicted octanol–water partition coefficient (Wildman–Crippen LogP) is 3.92. The minimum absolute atomic E-state index is 0.189. The average molecular weight is 207 g/mol. The Morgan fingerprint density at radius 2 is 1.86 bits per heavy atom. The lowest BCUT2D eigenvalue weighted by atomic mass is 10.1. The minimum Gasteiger partial charge on any atom is -0.467 e. The van der Waals surface area contributed by atoms with Crippen molar-refractivity contribution in [1.82, 2.24) is 0 Å². The highest BCUT2D eigenvalue weighted by atomic mass is 35.5. The number of aryl methyl sites for hydroxylation is 1. The number of hydrogen-bond acceptors (Lipinski definition) is 1. The lowest BCUT2D eigenvalue weighted by Gasteiger charge is -2.06. The van der Waals surface area contributed by atoms with E-state index >= 15 is 0 Å². The third kappa shape index (κ3) is 1.83. The molecule has 0 spiro atoms. The van der Waals surface area contributed by atoms with Crippen LogP contribution in [-0.2, 0) is 0 Å². The lowest BCUT2D eigenvalue weighted by molar-refractivity contribution is 0.516. The Labute approximate surface area is 88.3 Å². The summed E-state index contributed by atoms with van der Waals surface area (Å²) >= 11 is 6.23. The van der Waals surface area contributed by atoms with Crippen LogP contribution in [0.3, 0.4) is 0 Å². The van der Waals surface area contributed by atoms with Crippen molar-refractivity contribution in [2.45, 2.75) is 12.3 Å². The number of benzene rings is 1. The van der Waals surface area contributed by atoms with Gasteiger partial charge in [-0.15, -0.1) is 11.6 Å². The summed E-state index contributed by atoms with van der Waals surface area (Å²) in [6, 6.07) is 11.9. The summed E-state index contributed by atoms with van der Waals surface area (Å²) in [5, 5.41) is -0.189.